The molecule has 122 valence electrons. The molecule has 0 saturated carbocycles. The summed E-state index contributed by atoms with van der Waals surface area (Å²) in [4.78, 5) is 22.7. The number of hydrogen-bond acceptors (Lipinski definition) is 4. The first kappa shape index (κ1) is 16.6. The van der Waals surface area contributed by atoms with Gasteiger partial charge in [0, 0.05) is 41.1 Å². The van der Waals surface area contributed by atoms with Gasteiger partial charge >= 0.3 is 0 Å². The highest BCUT2D eigenvalue weighted by atomic mass is 79.9. The van der Waals surface area contributed by atoms with E-state index in [0.717, 1.165) is 48.5 Å². The number of halogens is 1. The summed E-state index contributed by atoms with van der Waals surface area (Å²) in [5.41, 5.74) is 1.89. The zero-order valence-corrected chi connectivity index (χ0v) is 15.8. The van der Waals surface area contributed by atoms with E-state index in [2.05, 4.69) is 39.7 Å². The summed E-state index contributed by atoms with van der Waals surface area (Å²) in [5.74, 6) is 0.123. The Labute approximate surface area is 149 Å². The molecule has 2 aromatic rings. The molecule has 1 saturated heterocycles. The predicted molar refractivity (Wildman–Crippen MR) is 96.9 cm³/mol. The van der Waals surface area contributed by atoms with E-state index in [-0.39, 0.29) is 5.91 Å². The molecule has 0 bridgehead atoms. The molecule has 6 heteroatoms. The van der Waals surface area contributed by atoms with Gasteiger partial charge in [0.05, 0.1) is 12.2 Å². The second-order valence-corrected chi connectivity index (χ2v) is 8.03. The van der Waals surface area contributed by atoms with Crippen LogP contribution in [0.3, 0.4) is 0 Å². The Kier molecular flexibility index (Phi) is 5.14. The van der Waals surface area contributed by atoms with Crippen LogP contribution in [-0.4, -0.2) is 46.9 Å². The van der Waals surface area contributed by atoms with Crippen molar-refractivity contribution < 1.29 is 4.79 Å². The molecule has 0 spiro atoms. The van der Waals surface area contributed by atoms with Crippen molar-refractivity contribution in [3.05, 3.63) is 49.9 Å². The fraction of sp³-hybridized carbons (Fsp3) is 0.412. The van der Waals surface area contributed by atoms with Crippen molar-refractivity contribution in [1.82, 2.24) is 14.8 Å². The number of aromatic nitrogens is 1. The maximum Gasteiger partial charge on any atom is 0.253 e. The van der Waals surface area contributed by atoms with E-state index in [1.807, 2.05) is 29.2 Å². The lowest BCUT2D eigenvalue weighted by atomic mass is 10.2. The first-order valence-electron chi connectivity index (χ1n) is 7.73. The summed E-state index contributed by atoms with van der Waals surface area (Å²) in [7, 11) is 0. The first-order valence-corrected chi connectivity index (χ1v) is 9.34. The average molecular weight is 394 g/mol. The Morgan fingerprint density at radius 2 is 1.83 bits per heavy atom. The van der Waals surface area contributed by atoms with E-state index < -0.39 is 0 Å². The number of benzene rings is 1. The van der Waals surface area contributed by atoms with Crippen LogP contribution in [0.5, 0.6) is 0 Å². The third-order valence-electron chi connectivity index (χ3n) is 4.18. The SMILES string of the molecule is Cc1nc(CN2CCN(C(=O)c3ccc(Br)cc3)CC2)sc1C. The Bertz CT molecular complexity index is 671. The normalized spacial score (nSPS) is 15.9. The van der Waals surface area contributed by atoms with Crippen LogP contribution in [-0.2, 0) is 6.54 Å². The van der Waals surface area contributed by atoms with Gasteiger partial charge in [-0.2, -0.15) is 0 Å². The average Bonchev–Trinajstić information content (AvgIpc) is 2.86. The molecule has 1 aliphatic heterocycles. The summed E-state index contributed by atoms with van der Waals surface area (Å²) < 4.78 is 0.993. The lowest BCUT2D eigenvalue weighted by Crippen LogP contribution is -2.48. The zero-order chi connectivity index (χ0) is 16.4. The minimum atomic E-state index is 0.123. The molecular weight excluding hydrogens is 374 g/mol. The monoisotopic (exact) mass is 393 g/mol. The number of aryl methyl sites for hydroxylation is 2. The third-order valence-corrected chi connectivity index (χ3v) is 5.77. The van der Waals surface area contributed by atoms with Crippen molar-refractivity contribution in [2.24, 2.45) is 0 Å². The molecule has 1 aromatic heterocycles. The maximum atomic E-state index is 12.5. The molecule has 1 amide bonds. The van der Waals surface area contributed by atoms with Crippen molar-refractivity contribution >= 4 is 33.2 Å². The minimum absolute atomic E-state index is 0.123. The highest BCUT2D eigenvalue weighted by Gasteiger charge is 2.22. The predicted octanol–water partition coefficient (Wildman–Crippen LogP) is 3.48. The molecule has 0 radical (unpaired) electrons. The quantitative estimate of drug-likeness (QED) is 0.800. The lowest BCUT2D eigenvalue weighted by molar-refractivity contribution is 0.0628. The molecule has 1 aromatic carbocycles. The van der Waals surface area contributed by atoms with Gasteiger partial charge in [0.1, 0.15) is 5.01 Å². The molecule has 2 heterocycles. The molecule has 0 unspecified atom stereocenters. The molecule has 0 atom stereocenters. The Balaban J connectivity index is 1.55. The van der Waals surface area contributed by atoms with Crippen LogP contribution in [0.25, 0.3) is 0 Å². The summed E-state index contributed by atoms with van der Waals surface area (Å²) in [6.45, 7) is 8.42. The van der Waals surface area contributed by atoms with Crippen LogP contribution in [0, 0.1) is 13.8 Å². The second-order valence-electron chi connectivity index (χ2n) is 5.82. The van der Waals surface area contributed by atoms with Crippen molar-refractivity contribution in [2.45, 2.75) is 20.4 Å². The van der Waals surface area contributed by atoms with Gasteiger partial charge in [-0.3, -0.25) is 9.69 Å². The van der Waals surface area contributed by atoms with Gasteiger partial charge in [-0.15, -0.1) is 11.3 Å². The van der Waals surface area contributed by atoms with Crippen LogP contribution in [0.2, 0.25) is 0 Å². The van der Waals surface area contributed by atoms with Gasteiger partial charge in [-0.1, -0.05) is 15.9 Å². The zero-order valence-electron chi connectivity index (χ0n) is 13.4. The summed E-state index contributed by atoms with van der Waals surface area (Å²) in [5, 5.41) is 1.17. The number of rotatable bonds is 3. The van der Waals surface area contributed by atoms with E-state index in [9.17, 15) is 4.79 Å². The summed E-state index contributed by atoms with van der Waals surface area (Å²) >= 11 is 5.18. The van der Waals surface area contributed by atoms with Crippen molar-refractivity contribution in [2.75, 3.05) is 26.2 Å². The molecule has 4 nitrogen and oxygen atoms in total. The largest absolute Gasteiger partial charge is 0.336 e. The van der Waals surface area contributed by atoms with E-state index in [0.29, 0.717) is 0 Å². The first-order chi connectivity index (χ1) is 11.0. The van der Waals surface area contributed by atoms with Crippen molar-refractivity contribution in [3.8, 4) is 0 Å². The molecule has 1 fully saturated rings. The van der Waals surface area contributed by atoms with Gasteiger partial charge in [0.2, 0.25) is 0 Å². The van der Waals surface area contributed by atoms with Crippen molar-refractivity contribution in [3.63, 3.8) is 0 Å². The number of carbonyl (C=O) groups excluding carboxylic acids is 1. The Hall–Kier alpha value is -1.24. The van der Waals surface area contributed by atoms with Gasteiger partial charge in [0.25, 0.3) is 5.91 Å². The number of thiazole rings is 1. The van der Waals surface area contributed by atoms with Gasteiger partial charge in [-0.05, 0) is 38.1 Å². The lowest BCUT2D eigenvalue weighted by Gasteiger charge is -2.34. The Morgan fingerprint density at radius 3 is 2.39 bits per heavy atom. The molecule has 23 heavy (non-hydrogen) atoms. The Morgan fingerprint density at radius 1 is 1.17 bits per heavy atom. The number of carbonyl (C=O) groups is 1. The van der Waals surface area contributed by atoms with Crippen molar-refractivity contribution in [1.29, 1.82) is 0 Å². The summed E-state index contributed by atoms with van der Waals surface area (Å²) in [6, 6.07) is 7.58. The highest BCUT2D eigenvalue weighted by Crippen LogP contribution is 2.19. The third kappa shape index (κ3) is 4.00. The van der Waals surface area contributed by atoms with Crippen LogP contribution < -0.4 is 0 Å². The molecule has 1 aliphatic rings. The maximum absolute atomic E-state index is 12.5. The smallest absolute Gasteiger partial charge is 0.253 e. The fourth-order valence-corrected chi connectivity index (χ4v) is 3.92. The second kappa shape index (κ2) is 7.11. The van der Waals surface area contributed by atoms with E-state index >= 15 is 0 Å². The topological polar surface area (TPSA) is 36.4 Å². The van der Waals surface area contributed by atoms with Gasteiger partial charge < -0.3 is 4.90 Å². The number of hydrogen-bond donors (Lipinski definition) is 0. The van der Waals surface area contributed by atoms with Crippen LogP contribution in [0.1, 0.15) is 25.9 Å². The number of amides is 1. The number of nitrogens with zero attached hydrogens (tertiary/aromatic N) is 3. The van der Waals surface area contributed by atoms with Gasteiger partial charge in [-0.25, -0.2) is 4.98 Å². The van der Waals surface area contributed by atoms with E-state index in [4.69, 9.17) is 0 Å². The highest BCUT2D eigenvalue weighted by molar-refractivity contribution is 9.10. The molecule has 0 aliphatic carbocycles. The van der Waals surface area contributed by atoms with Crippen LogP contribution in [0.15, 0.2) is 28.7 Å². The fourth-order valence-electron chi connectivity index (χ4n) is 2.68. The molecular formula is C17H20BrN3OS. The minimum Gasteiger partial charge on any atom is -0.336 e. The van der Waals surface area contributed by atoms with Crippen LogP contribution >= 0.6 is 27.3 Å². The standard InChI is InChI=1S/C17H20BrN3OS/c1-12-13(2)23-16(19-12)11-20-7-9-21(10-8-20)17(22)14-3-5-15(18)6-4-14/h3-6H,7-11H2,1-2H3. The van der Waals surface area contributed by atoms with E-state index in [1.54, 1.807) is 11.3 Å². The molecule has 3 rings (SSSR count). The van der Waals surface area contributed by atoms with Gasteiger partial charge in [0.15, 0.2) is 0 Å². The van der Waals surface area contributed by atoms with Crippen LogP contribution in [0.4, 0.5) is 0 Å². The number of piperazine rings is 1. The van der Waals surface area contributed by atoms with E-state index in [1.165, 1.54) is 9.88 Å². The molecule has 0 N–H and O–H groups in total. The summed E-state index contributed by atoms with van der Waals surface area (Å²) in [6.07, 6.45) is 0.